The Morgan fingerprint density at radius 3 is 2.48 bits per heavy atom. The van der Waals surface area contributed by atoms with Crippen LogP contribution in [0.15, 0.2) is 18.2 Å². The summed E-state index contributed by atoms with van der Waals surface area (Å²) in [5, 5.41) is 13.6. The number of alkyl halides is 3. The molecule has 0 fully saturated rings. The van der Waals surface area contributed by atoms with Crippen LogP contribution in [0.25, 0.3) is 0 Å². The number of hydrogen-bond donors (Lipinski definition) is 3. The number of urea groups is 1. The lowest BCUT2D eigenvalue weighted by Crippen LogP contribution is -2.44. The molecule has 0 saturated carbocycles. The van der Waals surface area contributed by atoms with Gasteiger partial charge in [-0.05, 0) is 12.1 Å². The van der Waals surface area contributed by atoms with Gasteiger partial charge in [-0.25, -0.2) is 9.59 Å². The number of imide groups is 1. The summed E-state index contributed by atoms with van der Waals surface area (Å²) in [5.41, 5.74) is 4.32. The number of nitro benzene ring substituents is 1. The van der Waals surface area contributed by atoms with E-state index in [0.29, 0.717) is 0 Å². The van der Waals surface area contributed by atoms with Crippen molar-refractivity contribution in [1.29, 1.82) is 0 Å². The van der Waals surface area contributed by atoms with Gasteiger partial charge in [-0.15, -0.1) is 0 Å². The predicted octanol–water partition coefficient (Wildman–Crippen LogP) is 0.722. The number of halogens is 3. The van der Waals surface area contributed by atoms with Gasteiger partial charge in [0.15, 0.2) is 6.61 Å². The van der Waals surface area contributed by atoms with Crippen LogP contribution in [0.1, 0.15) is 10.4 Å². The van der Waals surface area contributed by atoms with Gasteiger partial charge in [0, 0.05) is 6.07 Å². The molecule has 10 nitrogen and oxygen atoms in total. The number of rotatable bonds is 5. The molecule has 0 unspecified atom stereocenters. The number of nitrogens with zero attached hydrogens (tertiary/aromatic N) is 1. The Balaban J connectivity index is 2.53. The fraction of sp³-hybridized carbons (Fsp3) is 0.250. The Morgan fingerprint density at radius 2 is 1.92 bits per heavy atom. The lowest BCUT2D eigenvalue weighted by molar-refractivity contribution is -0.383. The number of nitrogen functional groups attached to an aromatic ring is 1. The van der Waals surface area contributed by atoms with Crippen molar-refractivity contribution in [1.82, 2.24) is 10.6 Å². The highest BCUT2D eigenvalue weighted by molar-refractivity contribution is 5.97. The third-order valence-electron chi connectivity index (χ3n) is 2.50. The molecule has 0 radical (unpaired) electrons. The lowest BCUT2D eigenvalue weighted by atomic mass is 10.2. The maximum Gasteiger partial charge on any atom is 0.405 e. The molecule has 0 aromatic heterocycles. The summed E-state index contributed by atoms with van der Waals surface area (Å²) in [6, 6.07) is 1.59. The number of esters is 1. The highest BCUT2D eigenvalue weighted by Gasteiger charge is 2.28. The standard InChI is InChI=1S/C12H11F3N4O6/c13-12(14,15)5-17-11(22)18-9(20)4-25-10(21)6-1-2-7(16)8(3-6)19(23)24/h1-3H,4-5,16H2,(H2,17,18,20,22). The summed E-state index contributed by atoms with van der Waals surface area (Å²) in [6.07, 6.45) is -4.66. The van der Waals surface area contributed by atoms with E-state index in [0.717, 1.165) is 18.2 Å². The Hall–Kier alpha value is -3.38. The van der Waals surface area contributed by atoms with E-state index in [9.17, 15) is 37.7 Å². The number of hydrogen-bond acceptors (Lipinski definition) is 7. The fourth-order valence-electron chi connectivity index (χ4n) is 1.43. The maximum atomic E-state index is 11.9. The molecule has 1 rings (SSSR count). The Morgan fingerprint density at radius 1 is 1.28 bits per heavy atom. The van der Waals surface area contributed by atoms with Crippen molar-refractivity contribution >= 4 is 29.3 Å². The topological polar surface area (TPSA) is 154 Å². The largest absolute Gasteiger partial charge is 0.452 e. The van der Waals surface area contributed by atoms with E-state index in [1.165, 1.54) is 10.6 Å². The second kappa shape index (κ2) is 7.94. The Kier molecular flexibility index (Phi) is 6.25. The van der Waals surface area contributed by atoms with Gasteiger partial charge in [-0.3, -0.25) is 20.2 Å². The summed E-state index contributed by atoms with van der Waals surface area (Å²) >= 11 is 0. The predicted molar refractivity (Wildman–Crippen MR) is 75.4 cm³/mol. The Labute approximate surface area is 137 Å². The molecule has 136 valence electrons. The zero-order valence-electron chi connectivity index (χ0n) is 12.3. The van der Waals surface area contributed by atoms with Crippen molar-refractivity contribution in [2.24, 2.45) is 0 Å². The quantitative estimate of drug-likeness (QED) is 0.301. The van der Waals surface area contributed by atoms with Gasteiger partial charge in [0.2, 0.25) is 0 Å². The number of benzene rings is 1. The molecule has 0 heterocycles. The fourth-order valence-corrected chi connectivity index (χ4v) is 1.43. The first kappa shape index (κ1) is 19.7. The first-order valence-corrected chi connectivity index (χ1v) is 6.35. The Bertz CT molecular complexity index is 707. The van der Waals surface area contributed by atoms with Gasteiger partial charge in [0.1, 0.15) is 12.2 Å². The molecule has 0 atom stereocenters. The monoisotopic (exact) mass is 364 g/mol. The number of carbonyl (C=O) groups is 3. The van der Waals surface area contributed by atoms with E-state index in [1.54, 1.807) is 0 Å². The van der Waals surface area contributed by atoms with Gasteiger partial charge < -0.3 is 15.8 Å². The first-order valence-electron chi connectivity index (χ1n) is 6.35. The molecular formula is C12H11F3N4O6. The average Bonchev–Trinajstić information content (AvgIpc) is 2.50. The molecular weight excluding hydrogens is 353 g/mol. The summed E-state index contributed by atoms with van der Waals surface area (Å²) in [4.78, 5) is 43.8. The summed E-state index contributed by atoms with van der Waals surface area (Å²) in [6.45, 7) is -2.64. The normalized spacial score (nSPS) is 10.7. The van der Waals surface area contributed by atoms with Crippen molar-refractivity contribution in [2.75, 3.05) is 18.9 Å². The molecule has 0 aliphatic rings. The maximum absolute atomic E-state index is 11.9. The molecule has 0 saturated heterocycles. The van der Waals surface area contributed by atoms with E-state index in [-0.39, 0.29) is 11.3 Å². The third kappa shape index (κ3) is 6.72. The van der Waals surface area contributed by atoms with E-state index in [4.69, 9.17) is 5.73 Å². The van der Waals surface area contributed by atoms with Crippen LogP contribution >= 0.6 is 0 Å². The van der Waals surface area contributed by atoms with Crippen LogP contribution in [0.3, 0.4) is 0 Å². The van der Waals surface area contributed by atoms with E-state index in [1.807, 2.05) is 0 Å². The van der Waals surface area contributed by atoms with Gasteiger partial charge in [0.05, 0.1) is 10.5 Å². The second-order valence-electron chi connectivity index (χ2n) is 4.45. The summed E-state index contributed by atoms with van der Waals surface area (Å²) < 4.78 is 40.1. The van der Waals surface area contributed by atoms with Crippen LogP contribution in [0.2, 0.25) is 0 Å². The second-order valence-corrected chi connectivity index (χ2v) is 4.45. The van der Waals surface area contributed by atoms with Crippen molar-refractivity contribution in [3.8, 4) is 0 Å². The van der Waals surface area contributed by atoms with Crippen molar-refractivity contribution < 1.29 is 37.2 Å². The molecule has 0 aliphatic carbocycles. The van der Waals surface area contributed by atoms with Crippen LogP contribution in [0.4, 0.5) is 29.3 Å². The van der Waals surface area contributed by atoms with Crippen LogP contribution < -0.4 is 16.4 Å². The van der Waals surface area contributed by atoms with Crippen LogP contribution in [0, 0.1) is 10.1 Å². The summed E-state index contributed by atoms with van der Waals surface area (Å²) in [5.74, 6) is -2.33. The number of carbonyl (C=O) groups excluding carboxylic acids is 3. The van der Waals surface area contributed by atoms with Gasteiger partial charge in [0.25, 0.3) is 11.6 Å². The molecule has 1 aromatic carbocycles. The smallest absolute Gasteiger partial charge is 0.405 e. The van der Waals surface area contributed by atoms with E-state index < -0.39 is 47.8 Å². The van der Waals surface area contributed by atoms with Crippen LogP contribution in [-0.4, -0.2) is 42.2 Å². The van der Waals surface area contributed by atoms with Crippen molar-refractivity contribution in [3.63, 3.8) is 0 Å². The minimum Gasteiger partial charge on any atom is -0.452 e. The highest BCUT2D eigenvalue weighted by Crippen LogP contribution is 2.22. The minimum absolute atomic E-state index is 0.194. The molecule has 13 heteroatoms. The number of ether oxygens (including phenoxy) is 1. The average molecular weight is 364 g/mol. The highest BCUT2D eigenvalue weighted by atomic mass is 19.4. The minimum atomic E-state index is -4.66. The molecule has 0 bridgehead atoms. The number of nitrogens with one attached hydrogen (secondary N) is 2. The zero-order valence-corrected chi connectivity index (χ0v) is 12.3. The third-order valence-corrected chi connectivity index (χ3v) is 2.50. The first-order chi connectivity index (χ1) is 11.5. The van der Waals surface area contributed by atoms with E-state index >= 15 is 0 Å². The van der Waals surface area contributed by atoms with Gasteiger partial charge in [-0.1, -0.05) is 0 Å². The summed E-state index contributed by atoms with van der Waals surface area (Å²) in [7, 11) is 0. The van der Waals surface area contributed by atoms with Gasteiger partial charge in [-0.2, -0.15) is 13.2 Å². The molecule has 3 amide bonds. The van der Waals surface area contributed by atoms with E-state index in [2.05, 4.69) is 4.74 Å². The molecule has 1 aromatic rings. The van der Waals surface area contributed by atoms with Gasteiger partial charge >= 0.3 is 18.2 Å². The molecule has 0 spiro atoms. The molecule has 0 aliphatic heterocycles. The number of amides is 3. The molecule has 25 heavy (non-hydrogen) atoms. The van der Waals surface area contributed by atoms with Crippen LogP contribution in [-0.2, 0) is 9.53 Å². The SMILES string of the molecule is Nc1ccc(C(=O)OCC(=O)NC(=O)NCC(F)(F)F)cc1[N+](=O)[O-]. The molecule has 4 N–H and O–H groups in total. The van der Waals surface area contributed by atoms with Crippen LogP contribution in [0.5, 0.6) is 0 Å². The van der Waals surface area contributed by atoms with Crippen molar-refractivity contribution in [2.45, 2.75) is 6.18 Å². The zero-order chi connectivity index (χ0) is 19.2. The lowest BCUT2D eigenvalue weighted by Gasteiger charge is -2.09. The number of nitro groups is 1. The van der Waals surface area contributed by atoms with Crippen molar-refractivity contribution in [3.05, 3.63) is 33.9 Å². The number of nitrogens with two attached hydrogens (primary N) is 1. The number of anilines is 1.